The molecule has 0 unspecified atom stereocenters. The van der Waals surface area contributed by atoms with Gasteiger partial charge in [-0.3, -0.25) is 14.9 Å². The van der Waals surface area contributed by atoms with E-state index in [2.05, 4.69) is 5.32 Å². The monoisotopic (exact) mass is 390 g/mol. The van der Waals surface area contributed by atoms with Gasteiger partial charge in [0.05, 0.1) is 23.3 Å². The first-order valence-corrected chi connectivity index (χ1v) is 9.26. The number of esters is 1. The summed E-state index contributed by atoms with van der Waals surface area (Å²) in [4.78, 5) is 35.9. The van der Waals surface area contributed by atoms with Crippen LogP contribution in [-0.4, -0.2) is 30.5 Å². The number of thiophene rings is 1. The van der Waals surface area contributed by atoms with Gasteiger partial charge in [-0.25, -0.2) is 4.79 Å². The molecule has 1 heterocycles. The van der Waals surface area contributed by atoms with E-state index in [0.717, 1.165) is 31.2 Å². The number of fused-ring (bicyclic) bond motifs is 1. The Bertz CT molecular complexity index is 892. The van der Waals surface area contributed by atoms with E-state index in [1.54, 1.807) is 16.7 Å². The van der Waals surface area contributed by atoms with Crippen LogP contribution in [0.3, 0.4) is 0 Å². The Morgan fingerprint density at radius 2 is 2.07 bits per heavy atom. The first-order chi connectivity index (χ1) is 13.0. The van der Waals surface area contributed by atoms with E-state index in [1.807, 2.05) is 0 Å². The number of hydrogen-bond acceptors (Lipinski definition) is 7. The molecule has 0 atom stereocenters. The third-order valence-electron chi connectivity index (χ3n) is 4.28. The maximum absolute atomic E-state index is 12.3. The van der Waals surface area contributed by atoms with Crippen molar-refractivity contribution >= 4 is 34.6 Å². The summed E-state index contributed by atoms with van der Waals surface area (Å²) in [6.45, 7) is -0.491. The number of nitro groups is 1. The summed E-state index contributed by atoms with van der Waals surface area (Å²) in [5.74, 6) is -0.867. The number of non-ortho nitro benzene ring substituents is 1. The van der Waals surface area contributed by atoms with Crippen molar-refractivity contribution in [3.63, 3.8) is 0 Å². The number of carbonyl (C=O) groups excluding carboxylic acids is 2. The van der Waals surface area contributed by atoms with Gasteiger partial charge in [0.25, 0.3) is 11.6 Å². The number of nitro benzene ring substituents is 1. The van der Waals surface area contributed by atoms with E-state index < -0.39 is 23.4 Å². The minimum atomic E-state index is -0.605. The first kappa shape index (κ1) is 18.8. The Morgan fingerprint density at radius 3 is 2.81 bits per heavy atom. The fraction of sp³-hybridized carbons (Fsp3) is 0.333. The molecule has 0 saturated carbocycles. The Kier molecular flexibility index (Phi) is 5.70. The van der Waals surface area contributed by atoms with Crippen molar-refractivity contribution in [1.82, 2.24) is 0 Å². The van der Waals surface area contributed by atoms with Gasteiger partial charge in [-0.1, -0.05) is 0 Å². The second-order valence-corrected chi connectivity index (χ2v) is 6.99. The molecule has 2 aromatic rings. The number of anilines is 1. The number of carbonyl (C=O) groups is 2. The highest BCUT2D eigenvalue weighted by Gasteiger charge is 2.22. The van der Waals surface area contributed by atoms with Crippen molar-refractivity contribution in [3.8, 4) is 5.75 Å². The van der Waals surface area contributed by atoms with Crippen LogP contribution in [0.2, 0.25) is 0 Å². The van der Waals surface area contributed by atoms with Crippen molar-refractivity contribution in [2.24, 2.45) is 0 Å². The van der Waals surface area contributed by atoms with Crippen molar-refractivity contribution in [2.75, 3.05) is 19.0 Å². The van der Waals surface area contributed by atoms with Gasteiger partial charge in [0.15, 0.2) is 6.61 Å². The van der Waals surface area contributed by atoms with Crippen LogP contribution in [-0.2, 0) is 22.4 Å². The predicted molar refractivity (Wildman–Crippen MR) is 99.5 cm³/mol. The van der Waals surface area contributed by atoms with Gasteiger partial charge in [0.2, 0.25) is 0 Å². The molecule has 0 aliphatic heterocycles. The standard InChI is InChI=1S/C18H18N2O6S/c1-25-15-7-6-11(20(23)24)8-14(15)19-17(21)9-26-18(22)13-10-27-16-5-3-2-4-12(13)16/h6-8,10H,2-5,9H2,1H3,(H,19,21). The van der Waals surface area contributed by atoms with Gasteiger partial charge >= 0.3 is 5.97 Å². The minimum Gasteiger partial charge on any atom is -0.495 e. The van der Waals surface area contributed by atoms with Crippen LogP contribution < -0.4 is 10.1 Å². The second kappa shape index (κ2) is 8.17. The Labute approximate surface area is 159 Å². The Morgan fingerprint density at radius 1 is 1.30 bits per heavy atom. The summed E-state index contributed by atoms with van der Waals surface area (Å²) in [7, 11) is 1.39. The fourth-order valence-corrected chi connectivity index (χ4v) is 4.08. The molecule has 8 nitrogen and oxygen atoms in total. The highest BCUT2D eigenvalue weighted by Crippen LogP contribution is 2.31. The van der Waals surface area contributed by atoms with E-state index in [9.17, 15) is 19.7 Å². The van der Waals surface area contributed by atoms with E-state index >= 15 is 0 Å². The van der Waals surface area contributed by atoms with E-state index in [1.165, 1.54) is 30.2 Å². The lowest BCUT2D eigenvalue weighted by molar-refractivity contribution is -0.384. The van der Waals surface area contributed by atoms with Crippen molar-refractivity contribution in [1.29, 1.82) is 0 Å². The van der Waals surface area contributed by atoms with E-state index in [0.29, 0.717) is 5.56 Å². The molecular weight excluding hydrogens is 372 g/mol. The minimum absolute atomic E-state index is 0.140. The molecule has 3 rings (SSSR count). The number of nitrogens with zero attached hydrogens (tertiary/aromatic N) is 1. The van der Waals surface area contributed by atoms with Gasteiger partial charge in [0, 0.05) is 22.4 Å². The lowest BCUT2D eigenvalue weighted by atomic mass is 9.96. The molecule has 1 aromatic heterocycles. The third-order valence-corrected chi connectivity index (χ3v) is 5.37. The van der Waals surface area contributed by atoms with Crippen LogP contribution in [0.1, 0.15) is 33.6 Å². The smallest absolute Gasteiger partial charge is 0.339 e. The Hall–Kier alpha value is -2.94. The van der Waals surface area contributed by atoms with Crippen LogP contribution in [0.4, 0.5) is 11.4 Å². The molecule has 0 saturated heterocycles. The number of hydrogen-bond donors (Lipinski definition) is 1. The molecule has 9 heteroatoms. The SMILES string of the molecule is COc1ccc([N+](=O)[O-])cc1NC(=O)COC(=O)c1csc2c1CCCC2. The van der Waals surface area contributed by atoms with Gasteiger partial charge in [-0.2, -0.15) is 0 Å². The van der Waals surface area contributed by atoms with Gasteiger partial charge in [-0.05, 0) is 37.3 Å². The summed E-state index contributed by atoms with van der Waals surface area (Å²) in [6.07, 6.45) is 3.98. The van der Waals surface area contributed by atoms with E-state index in [-0.39, 0.29) is 17.1 Å². The van der Waals surface area contributed by atoms with Crippen LogP contribution in [0.15, 0.2) is 23.6 Å². The molecular formula is C18H18N2O6S. The molecule has 0 radical (unpaired) electrons. The summed E-state index contributed by atoms with van der Waals surface area (Å²) in [6, 6.07) is 3.85. The summed E-state index contributed by atoms with van der Waals surface area (Å²) in [5.41, 5.74) is 1.50. The number of nitrogens with one attached hydrogen (secondary N) is 1. The number of methoxy groups -OCH3 is 1. The topological polar surface area (TPSA) is 108 Å². The quantitative estimate of drug-likeness (QED) is 0.460. The van der Waals surface area contributed by atoms with Crippen LogP contribution >= 0.6 is 11.3 Å². The summed E-state index contributed by atoms with van der Waals surface area (Å²) >= 11 is 1.54. The molecule has 27 heavy (non-hydrogen) atoms. The fourth-order valence-electron chi connectivity index (χ4n) is 2.97. The van der Waals surface area contributed by atoms with Crippen molar-refractivity contribution in [3.05, 3.63) is 49.7 Å². The lowest BCUT2D eigenvalue weighted by Gasteiger charge is -2.13. The normalized spacial score (nSPS) is 12.8. The Balaban J connectivity index is 1.63. The van der Waals surface area contributed by atoms with Gasteiger partial charge in [-0.15, -0.1) is 11.3 Å². The lowest BCUT2D eigenvalue weighted by Crippen LogP contribution is -2.21. The molecule has 1 aliphatic rings. The van der Waals surface area contributed by atoms with Gasteiger partial charge < -0.3 is 14.8 Å². The number of benzene rings is 1. The highest BCUT2D eigenvalue weighted by atomic mass is 32.1. The number of ether oxygens (including phenoxy) is 2. The molecule has 1 N–H and O–H groups in total. The maximum Gasteiger partial charge on any atom is 0.339 e. The zero-order chi connectivity index (χ0) is 19.4. The first-order valence-electron chi connectivity index (χ1n) is 8.38. The summed E-state index contributed by atoms with van der Waals surface area (Å²) < 4.78 is 10.2. The zero-order valence-electron chi connectivity index (χ0n) is 14.6. The predicted octanol–water partition coefficient (Wildman–Crippen LogP) is 3.34. The third kappa shape index (κ3) is 4.25. The highest BCUT2D eigenvalue weighted by molar-refractivity contribution is 7.10. The molecule has 0 bridgehead atoms. The van der Waals surface area contributed by atoms with Gasteiger partial charge in [0.1, 0.15) is 5.75 Å². The van der Waals surface area contributed by atoms with Crippen molar-refractivity contribution in [2.45, 2.75) is 25.7 Å². The average Bonchev–Trinajstić information content (AvgIpc) is 3.10. The zero-order valence-corrected chi connectivity index (χ0v) is 15.5. The number of aryl methyl sites for hydroxylation is 1. The second-order valence-electron chi connectivity index (χ2n) is 6.02. The van der Waals surface area contributed by atoms with E-state index in [4.69, 9.17) is 9.47 Å². The van der Waals surface area contributed by atoms with Crippen molar-refractivity contribution < 1.29 is 24.0 Å². The van der Waals surface area contributed by atoms with Crippen LogP contribution in [0.5, 0.6) is 5.75 Å². The number of rotatable bonds is 6. The number of amides is 1. The molecule has 1 aliphatic carbocycles. The largest absolute Gasteiger partial charge is 0.495 e. The molecule has 1 amide bonds. The molecule has 0 spiro atoms. The molecule has 142 valence electrons. The van der Waals surface area contributed by atoms with Crippen LogP contribution in [0, 0.1) is 10.1 Å². The summed E-state index contributed by atoms with van der Waals surface area (Å²) in [5, 5.41) is 15.1. The van der Waals surface area contributed by atoms with Crippen LogP contribution in [0.25, 0.3) is 0 Å². The molecule has 0 fully saturated rings. The average molecular weight is 390 g/mol. The maximum atomic E-state index is 12.3. The molecule has 1 aromatic carbocycles.